The Morgan fingerprint density at radius 2 is 2.47 bits per heavy atom. The van der Waals surface area contributed by atoms with Gasteiger partial charge in [0.05, 0.1) is 0 Å². The van der Waals surface area contributed by atoms with Gasteiger partial charge in [0, 0.05) is 23.0 Å². The van der Waals surface area contributed by atoms with Gasteiger partial charge in [-0.15, -0.1) is 11.3 Å². The van der Waals surface area contributed by atoms with E-state index < -0.39 is 5.97 Å². The molecule has 2 N–H and O–H groups in total. The maximum absolute atomic E-state index is 10.5. The molecule has 1 aromatic rings. The highest BCUT2D eigenvalue weighted by molar-refractivity contribution is 7.10. The highest BCUT2D eigenvalue weighted by Crippen LogP contribution is 2.17. The van der Waals surface area contributed by atoms with E-state index in [9.17, 15) is 4.79 Å². The van der Waals surface area contributed by atoms with Crippen molar-refractivity contribution in [1.82, 2.24) is 5.32 Å². The summed E-state index contributed by atoms with van der Waals surface area (Å²) >= 11 is 1.70. The minimum absolute atomic E-state index is 0.267. The Labute approximate surface area is 93.4 Å². The normalized spacial score (nSPS) is 13.9. The van der Waals surface area contributed by atoms with Crippen molar-refractivity contribution in [2.24, 2.45) is 0 Å². The lowest BCUT2D eigenvalue weighted by molar-refractivity contribution is -0.132. The van der Waals surface area contributed by atoms with Crippen LogP contribution in [0.5, 0.6) is 0 Å². The third-order valence-corrected chi connectivity index (χ3v) is 3.19. The first kappa shape index (κ1) is 11.9. The van der Waals surface area contributed by atoms with E-state index in [1.54, 1.807) is 24.3 Å². The number of thiophene rings is 1. The molecular weight excluding hydrogens is 210 g/mol. The zero-order valence-corrected chi connectivity index (χ0v) is 9.67. The summed E-state index contributed by atoms with van der Waals surface area (Å²) in [6.45, 7) is 4.24. The van der Waals surface area contributed by atoms with E-state index in [-0.39, 0.29) is 6.04 Å². The molecule has 1 rings (SSSR count). The van der Waals surface area contributed by atoms with Gasteiger partial charge in [-0.1, -0.05) is 12.1 Å². The van der Waals surface area contributed by atoms with Crippen molar-refractivity contribution in [1.29, 1.82) is 0 Å². The van der Waals surface area contributed by atoms with Gasteiger partial charge in [0.2, 0.25) is 0 Å². The summed E-state index contributed by atoms with van der Waals surface area (Å²) in [6, 6.07) is 4.34. The van der Waals surface area contributed by atoms with Crippen molar-refractivity contribution < 1.29 is 9.90 Å². The number of carboxylic acid groups (broad SMARTS) is 1. The van der Waals surface area contributed by atoms with E-state index in [0.29, 0.717) is 12.1 Å². The Morgan fingerprint density at radius 1 is 1.73 bits per heavy atom. The average molecular weight is 225 g/mol. The first-order valence-corrected chi connectivity index (χ1v) is 5.66. The number of nitrogens with one attached hydrogen (secondary N) is 1. The quantitative estimate of drug-likeness (QED) is 0.757. The van der Waals surface area contributed by atoms with Crippen molar-refractivity contribution in [3.63, 3.8) is 0 Å². The molecule has 0 radical (unpaired) electrons. The van der Waals surface area contributed by atoms with Crippen molar-refractivity contribution in [3.05, 3.63) is 34.0 Å². The van der Waals surface area contributed by atoms with E-state index >= 15 is 0 Å². The van der Waals surface area contributed by atoms with Crippen LogP contribution in [0.1, 0.15) is 24.8 Å². The summed E-state index contributed by atoms with van der Waals surface area (Å²) in [6.07, 6.45) is 1.69. The Kier molecular flexibility index (Phi) is 4.52. The summed E-state index contributed by atoms with van der Waals surface area (Å²) in [4.78, 5) is 11.8. The Bertz CT molecular complexity index is 343. The molecule has 0 fully saturated rings. The molecular formula is C11H15NO2S. The van der Waals surface area contributed by atoms with Crippen LogP contribution in [-0.2, 0) is 4.79 Å². The SMILES string of the molecule is C/C(=C/CN[C@H](C)c1cccs1)C(=O)O. The molecule has 1 atom stereocenters. The van der Waals surface area contributed by atoms with Gasteiger partial charge >= 0.3 is 5.97 Å². The number of carboxylic acids is 1. The maximum atomic E-state index is 10.5. The lowest BCUT2D eigenvalue weighted by Gasteiger charge is -2.09. The van der Waals surface area contributed by atoms with Crippen LogP contribution >= 0.6 is 11.3 Å². The standard InChI is InChI=1S/C11H15NO2S/c1-8(11(13)14)5-6-12-9(2)10-4-3-7-15-10/h3-5,7,9,12H,6H2,1-2H3,(H,13,14)/b8-5-/t9-/m1/s1. The highest BCUT2D eigenvalue weighted by atomic mass is 32.1. The predicted octanol–water partition coefficient (Wildman–Crippen LogP) is 2.43. The van der Waals surface area contributed by atoms with E-state index in [0.717, 1.165) is 0 Å². The molecule has 1 aromatic heterocycles. The molecule has 0 spiro atoms. The van der Waals surface area contributed by atoms with Crippen LogP contribution in [0.2, 0.25) is 0 Å². The van der Waals surface area contributed by atoms with Gasteiger partial charge in [-0.2, -0.15) is 0 Å². The average Bonchev–Trinajstić information content (AvgIpc) is 2.70. The molecule has 0 aliphatic rings. The fourth-order valence-corrected chi connectivity index (χ4v) is 1.87. The predicted molar refractivity (Wildman–Crippen MR) is 62.1 cm³/mol. The van der Waals surface area contributed by atoms with Gasteiger partial charge in [-0.3, -0.25) is 0 Å². The van der Waals surface area contributed by atoms with E-state index in [1.165, 1.54) is 4.88 Å². The van der Waals surface area contributed by atoms with Gasteiger partial charge in [-0.25, -0.2) is 4.79 Å². The van der Waals surface area contributed by atoms with Crippen LogP contribution in [0.4, 0.5) is 0 Å². The second-order valence-corrected chi connectivity index (χ2v) is 4.32. The molecule has 0 unspecified atom stereocenters. The van der Waals surface area contributed by atoms with Crippen LogP contribution in [0.3, 0.4) is 0 Å². The molecule has 4 heteroatoms. The van der Waals surface area contributed by atoms with Crippen LogP contribution in [0, 0.1) is 0 Å². The van der Waals surface area contributed by atoms with Gasteiger partial charge in [0.15, 0.2) is 0 Å². The number of aliphatic carboxylic acids is 1. The van der Waals surface area contributed by atoms with E-state index in [2.05, 4.69) is 18.3 Å². The van der Waals surface area contributed by atoms with Crippen LogP contribution in [-0.4, -0.2) is 17.6 Å². The van der Waals surface area contributed by atoms with Crippen LogP contribution in [0.15, 0.2) is 29.2 Å². The fraction of sp³-hybridized carbons (Fsp3) is 0.364. The Balaban J connectivity index is 2.38. The summed E-state index contributed by atoms with van der Waals surface area (Å²) in [7, 11) is 0. The second-order valence-electron chi connectivity index (χ2n) is 3.34. The molecule has 0 aliphatic heterocycles. The van der Waals surface area contributed by atoms with Gasteiger partial charge in [-0.05, 0) is 25.3 Å². The highest BCUT2D eigenvalue weighted by Gasteiger charge is 2.04. The first-order chi connectivity index (χ1) is 7.11. The minimum atomic E-state index is -0.861. The molecule has 0 saturated heterocycles. The van der Waals surface area contributed by atoms with Gasteiger partial charge < -0.3 is 10.4 Å². The molecule has 0 bridgehead atoms. The lowest BCUT2D eigenvalue weighted by Crippen LogP contribution is -2.18. The third kappa shape index (κ3) is 3.85. The zero-order valence-electron chi connectivity index (χ0n) is 8.86. The summed E-state index contributed by atoms with van der Waals surface area (Å²) in [5, 5.41) is 13.9. The van der Waals surface area contributed by atoms with E-state index in [4.69, 9.17) is 5.11 Å². The van der Waals surface area contributed by atoms with Crippen molar-refractivity contribution in [2.45, 2.75) is 19.9 Å². The summed E-state index contributed by atoms with van der Waals surface area (Å²) in [5.41, 5.74) is 0.376. The molecule has 0 saturated carbocycles. The van der Waals surface area contributed by atoms with Crippen LogP contribution < -0.4 is 5.32 Å². The second kappa shape index (κ2) is 5.68. The number of hydrogen-bond acceptors (Lipinski definition) is 3. The topological polar surface area (TPSA) is 49.3 Å². The number of carbonyl (C=O) groups is 1. The molecule has 3 nitrogen and oxygen atoms in total. The summed E-state index contributed by atoms with van der Waals surface area (Å²) in [5.74, 6) is -0.861. The van der Waals surface area contributed by atoms with E-state index in [1.807, 2.05) is 11.4 Å². The van der Waals surface area contributed by atoms with Gasteiger partial charge in [0.25, 0.3) is 0 Å². The maximum Gasteiger partial charge on any atom is 0.330 e. The summed E-state index contributed by atoms with van der Waals surface area (Å²) < 4.78 is 0. The first-order valence-electron chi connectivity index (χ1n) is 4.78. The minimum Gasteiger partial charge on any atom is -0.478 e. The number of hydrogen-bond donors (Lipinski definition) is 2. The molecule has 1 heterocycles. The van der Waals surface area contributed by atoms with Crippen LogP contribution in [0.25, 0.3) is 0 Å². The number of rotatable bonds is 5. The Hall–Kier alpha value is -1.13. The van der Waals surface area contributed by atoms with Crippen molar-refractivity contribution in [3.8, 4) is 0 Å². The lowest BCUT2D eigenvalue weighted by atomic mass is 10.2. The molecule has 82 valence electrons. The smallest absolute Gasteiger partial charge is 0.330 e. The Morgan fingerprint density at radius 3 is 3.00 bits per heavy atom. The van der Waals surface area contributed by atoms with Gasteiger partial charge in [0.1, 0.15) is 0 Å². The third-order valence-electron chi connectivity index (χ3n) is 2.14. The fourth-order valence-electron chi connectivity index (χ4n) is 1.11. The largest absolute Gasteiger partial charge is 0.478 e. The molecule has 15 heavy (non-hydrogen) atoms. The molecule has 0 amide bonds. The van der Waals surface area contributed by atoms with Crippen molar-refractivity contribution in [2.75, 3.05) is 6.54 Å². The molecule has 0 aliphatic carbocycles. The monoisotopic (exact) mass is 225 g/mol. The van der Waals surface area contributed by atoms with Crippen molar-refractivity contribution >= 4 is 17.3 Å². The molecule has 0 aromatic carbocycles. The zero-order chi connectivity index (χ0) is 11.3.